The summed E-state index contributed by atoms with van der Waals surface area (Å²) in [5.41, 5.74) is 3.83. The SMILES string of the molecule is COc1cccc(/C=N\NC(=S)NC2CCCCC2)c1. The summed E-state index contributed by atoms with van der Waals surface area (Å²) in [6, 6.07) is 8.21. The summed E-state index contributed by atoms with van der Waals surface area (Å²) < 4.78 is 5.16. The van der Waals surface area contributed by atoms with Crippen molar-refractivity contribution in [2.45, 2.75) is 38.1 Å². The molecule has 5 heteroatoms. The monoisotopic (exact) mass is 291 g/mol. The average Bonchev–Trinajstić information content (AvgIpc) is 2.48. The summed E-state index contributed by atoms with van der Waals surface area (Å²) in [4.78, 5) is 0. The van der Waals surface area contributed by atoms with Gasteiger partial charge in [0, 0.05) is 6.04 Å². The van der Waals surface area contributed by atoms with Crippen molar-refractivity contribution < 1.29 is 4.74 Å². The van der Waals surface area contributed by atoms with Crippen LogP contribution in [0.2, 0.25) is 0 Å². The van der Waals surface area contributed by atoms with Gasteiger partial charge in [-0.1, -0.05) is 31.4 Å². The van der Waals surface area contributed by atoms with E-state index in [4.69, 9.17) is 17.0 Å². The molecular formula is C15H21N3OS. The Hall–Kier alpha value is -1.62. The van der Waals surface area contributed by atoms with Crippen molar-refractivity contribution in [1.29, 1.82) is 0 Å². The molecule has 0 atom stereocenters. The molecule has 20 heavy (non-hydrogen) atoms. The summed E-state index contributed by atoms with van der Waals surface area (Å²) >= 11 is 5.24. The molecule has 2 N–H and O–H groups in total. The molecule has 1 aromatic rings. The molecule has 0 heterocycles. The van der Waals surface area contributed by atoms with E-state index in [0.29, 0.717) is 11.2 Å². The summed E-state index contributed by atoms with van der Waals surface area (Å²) in [5.74, 6) is 0.817. The Kier molecular flexibility index (Phi) is 5.80. The second-order valence-corrected chi connectivity index (χ2v) is 5.36. The smallest absolute Gasteiger partial charge is 0.187 e. The van der Waals surface area contributed by atoms with Crippen LogP contribution in [0.5, 0.6) is 5.75 Å². The molecular weight excluding hydrogens is 270 g/mol. The average molecular weight is 291 g/mol. The largest absolute Gasteiger partial charge is 0.497 e. The van der Waals surface area contributed by atoms with Crippen LogP contribution in [0.25, 0.3) is 0 Å². The maximum Gasteiger partial charge on any atom is 0.187 e. The summed E-state index contributed by atoms with van der Waals surface area (Å²) in [5, 5.41) is 8.05. The van der Waals surface area contributed by atoms with Crippen LogP contribution >= 0.6 is 12.2 Å². The van der Waals surface area contributed by atoms with Gasteiger partial charge in [-0.25, -0.2) is 0 Å². The molecule has 0 unspecified atom stereocenters. The van der Waals surface area contributed by atoms with Crippen LogP contribution in [0.15, 0.2) is 29.4 Å². The van der Waals surface area contributed by atoms with Crippen molar-refractivity contribution in [2.24, 2.45) is 5.10 Å². The zero-order valence-corrected chi connectivity index (χ0v) is 12.6. The normalized spacial score (nSPS) is 16.1. The van der Waals surface area contributed by atoms with Gasteiger partial charge in [0.25, 0.3) is 0 Å². The fourth-order valence-electron chi connectivity index (χ4n) is 2.35. The molecule has 0 aromatic heterocycles. The first-order valence-corrected chi connectivity index (χ1v) is 7.42. The Balaban J connectivity index is 1.78. The molecule has 4 nitrogen and oxygen atoms in total. The molecule has 1 aliphatic carbocycles. The lowest BCUT2D eigenvalue weighted by molar-refractivity contribution is 0.412. The number of hydrogen-bond donors (Lipinski definition) is 2. The third-order valence-electron chi connectivity index (χ3n) is 3.41. The van der Waals surface area contributed by atoms with Crippen LogP contribution in [-0.2, 0) is 0 Å². The van der Waals surface area contributed by atoms with Gasteiger partial charge < -0.3 is 10.1 Å². The Morgan fingerprint density at radius 3 is 2.90 bits per heavy atom. The Labute approximate surface area is 125 Å². The molecule has 1 saturated carbocycles. The minimum atomic E-state index is 0.496. The maximum atomic E-state index is 5.24. The van der Waals surface area contributed by atoms with Crippen LogP contribution < -0.4 is 15.5 Å². The molecule has 0 saturated heterocycles. The quantitative estimate of drug-likeness (QED) is 0.509. The Bertz CT molecular complexity index is 470. The van der Waals surface area contributed by atoms with E-state index < -0.39 is 0 Å². The van der Waals surface area contributed by atoms with Crippen molar-refractivity contribution in [3.8, 4) is 5.75 Å². The van der Waals surface area contributed by atoms with E-state index in [2.05, 4.69) is 15.8 Å². The van der Waals surface area contributed by atoms with Crippen molar-refractivity contribution in [3.63, 3.8) is 0 Å². The van der Waals surface area contributed by atoms with Crippen molar-refractivity contribution >= 4 is 23.5 Å². The predicted molar refractivity (Wildman–Crippen MR) is 86.3 cm³/mol. The van der Waals surface area contributed by atoms with Crippen LogP contribution in [0, 0.1) is 0 Å². The van der Waals surface area contributed by atoms with Gasteiger partial charge in [-0.15, -0.1) is 0 Å². The number of ether oxygens (including phenoxy) is 1. The lowest BCUT2D eigenvalue weighted by atomic mass is 9.96. The van der Waals surface area contributed by atoms with Gasteiger partial charge in [0.15, 0.2) is 5.11 Å². The number of thiocarbonyl (C=S) groups is 1. The number of methoxy groups -OCH3 is 1. The first-order valence-electron chi connectivity index (χ1n) is 7.01. The third kappa shape index (κ3) is 4.81. The summed E-state index contributed by atoms with van der Waals surface area (Å²) in [6.07, 6.45) is 8.04. The molecule has 2 rings (SSSR count). The minimum absolute atomic E-state index is 0.496. The topological polar surface area (TPSA) is 45.6 Å². The Morgan fingerprint density at radius 1 is 1.35 bits per heavy atom. The lowest BCUT2D eigenvalue weighted by Crippen LogP contribution is -2.40. The second kappa shape index (κ2) is 7.85. The van der Waals surface area contributed by atoms with Crippen LogP contribution in [0.3, 0.4) is 0 Å². The molecule has 1 fully saturated rings. The van der Waals surface area contributed by atoms with Crippen molar-refractivity contribution in [1.82, 2.24) is 10.7 Å². The van der Waals surface area contributed by atoms with E-state index in [9.17, 15) is 0 Å². The molecule has 1 aromatic carbocycles. The fraction of sp³-hybridized carbons (Fsp3) is 0.467. The van der Waals surface area contributed by atoms with Crippen LogP contribution in [0.1, 0.15) is 37.7 Å². The highest BCUT2D eigenvalue weighted by Crippen LogP contribution is 2.17. The predicted octanol–water partition coefficient (Wildman–Crippen LogP) is 2.83. The highest BCUT2D eigenvalue weighted by Gasteiger charge is 2.13. The molecule has 0 bridgehead atoms. The van der Waals surface area contributed by atoms with Crippen LogP contribution in [0.4, 0.5) is 0 Å². The number of rotatable bonds is 4. The van der Waals surface area contributed by atoms with E-state index in [1.54, 1.807) is 13.3 Å². The number of benzene rings is 1. The zero-order chi connectivity index (χ0) is 14.2. The maximum absolute atomic E-state index is 5.24. The van der Waals surface area contributed by atoms with Gasteiger partial charge in [0.1, 0.15) is 5.75 Å². The molecule has 1 aliphatic rings. The van der Waals surface area contributed by atoms with Crippen molar-refractivity contribution in [3.05, 3.63) is 29.8 Å². The first kappa shape index (κ1) is 14.8. The van der Waals surface area contributed by atoms with Gasteiger partial charge in [-0.05, 0) is 42.8 Å². The van der Waals surface area contributed by atoms with E-state index in [1.807, 2.05) is 24.3 Å². The van der Waals surface area contributed by atoms with E-state index in [0.717, 1.165) is 11.3 Å². The second-order valence-electron chi connectivity index (χ2n) is 4.96. The van der Waals surface area contributed by atoms with Gasteiger partial charge in [-0.3, -0.25) is 5.43 Å². The number of nitrogens with one attached hydrogen (secondary N) is 2. The van der Waals surface area contributed by atoms with Gasteiger partial charge in [0.05, 0.1) is 13.3 Å². The summed E-state index contributed by atoms with van der Waals surface area (Å²) in [7, 11) is 1.65. The zero-order valence-electron chi connectivity index (χ0n) is 11.8. The van der Waals surface area contributed by atoms with E-state index in [1.165, 1.54) is 32.1 Å². The number of hydrogen-bond acceptors (Lipinski definition) is 3. The van der Waals surface area contributed by atoms with Gasteiger partial charge >= 0.3 is 0 Å². The molecule has 0 spiro atoms. The number of hydrazone groups is 1. The molecule has 0 radical (unpaired) electrons. The highest BCUT2D eigenvalue weighted by atomic mass is 32.1. The standard InChI is InChI=1S/C15H21N3OS/c1-19-14-9-5-6-12(10-14)11-16-18-15(20)17-13-7-3-2-4-8-13/h5-6,9-11,13H,2-4,7-8H2,1H3,(H2,17,18,20)/b16-11-. The van der Waals surface area contributed by atoms with E-state index >= 15 is 0 Å². The lowest BCUT2D eigenvalue weighted by Gasteiger charge is -2.23. The first-order chi connectivity index (χ1) is 9.78. The summed E-state index contributed by atoms with van der Waals surface area (Å²) in [6.45, 7) is 0. The Morgan fingerprint density at radius 2 is 2.15 bits per heavy atom. The van der Waals surface area contributed by atoms with E-state index in [-0.39, 0.29) is 0 Å². The van der Waals surface area contributed by atoms with Gasteiger partial charge in [-0.2, -0.15) is 5.10 Å². The third-order valence-corrected chi connectivity index (χ3v) is 3.62. The highest BCUT2D eigenvalue weighted by molar-refractivity contribution is 7.80. The molecule has 0 amide bonds. The minimum Gasteiger partial charge on any atom is -0.497 e. The molecule has 108 valence electrons. The van der Waals surface area contributed by atoms with Gasteiger partial charge in [0.2, 0.25) is 0 Å². The molecule has 0 aliphatic heterocycles. The fourth-order valence-corrected chi connectivity index (χ4v) is 2.57. The number of nitrogens with zero attached hydrogens (tertiary/aromatic N) is 1. The van der Waals surface area contributed by atoms with Crippen LogP contribution in [-0.4, -0.2) is 24.5 Å². The van der Waals surface area contributed by atoms with Crippen molar-refractivity contribution in [2.75, 3.05) is 7.11 Å².